The second-order valence-corrected chi connectivity index (χ2v) is 5.46. The third-order valence-corrected chi connectivity index (χ3v) is 3.74. The number of amides is 1. The molecule has 1 aliphatic carbocycles. The number of nitrogens with zero attached hydrogens (tertiary/aromatic N) is 1. The van der Waals surface area contributed by atoms with Crippen molar-refractivity contribution in [1.82, 2.24) is 4.98 Å². The lowest BCUT2D eigenvalue weighted by Gasteiger charge is -2.21. The van der Waals surface area contributed by atoms with Gasteiger partial charge in [-0.15, -0.1) is 0 Å². The van der Waals surface area contributed by atoms with Gasteiger partial charge in [-0.25, -0.2) is 4.98 Å². The van der Waals surface area contributed by atoms with Gasteiger partial charge in [0.05, 0.1) is 11.9 Å². The Hall–Kier alpha value is -0.900. The van der Waals surface area contributed by atoms with E-state index in [4.69, 9.17) is 0 Å². The van der Waals surface area contributed by atoms with Gasteiger partial charge in [0.2, 0.25) is 5.91 Å². The molecule has 0 atom stereocenters. The van der Waals surface area contributed by atoms with Crippen LogP contribution < -0.4 is 5.32 Å². The fourth-order valence-electron chi connectivity index (χ4n) is 2.25. The lowest BCUT2D eigenvalue weighted by atomic mass is 9.88. The molecule has 1 N–H and O–H groups in total. The summed E-state index contributed by atoms with van der Waals surface area (Å²) in [5.41, 5.74) is 1.86. The van der Waals surface area contributed by atoms with E-state index in [0.717, 1.165) is 28.7 Å². The lowest BCUT2D eigenvalue weighted by molar-refractivity contribution is -0.120. The van der Waals surface area contributed by atoms with Gasteiger partial charge < -0.3 is 5.32 Å². The Kier molecular flexibility index (Phi) is 4.15. The molecule has 17 heavy (non-hydrogen) atoms. The minimum Gasteiger partial charge on any atom is -0.324 e. The van der Waals surface area contributed by atoms with Crippen LogP contribution in [0.4, 0.5) is 5.69 Å². The third-order valence-electron chi connectivity index (χ3n) is 3.31. The van der Waals surface area contributed by atoms with Gasteiger partial charge in [0.1, 0.15) is 4.60 Å². The van der Waals surface area contributed by atoms with Gasteiger partial charge in [-0.05, 0) is 47.3 Å². The van der Waals surface area contributed by atoms with E-state index in [1.165, 1.54) is 19.3 Å². The van der Waals surface area contributed by atoms with E-state index in [0.29, 0.717) is 0 Å². The number of nitrogens with one attached hydrogen (secondary N) is 1. The number of aryl methyl sites for hydroxylation is 1. The molecule has 0 bridgehead atoms. The number of rotatable bonds is 2. The van der Waals surface area contributed by atoms with Crippen LogP contribution in [0.5, 0.6) is 0 Å². The number of halogens is 1. The molecule has 0 aromatic carbocycles. The molecule has 0 spiro atoms. The summed E-state index contributed by atoms with van der Waals surface area (Å²) in [5.74, 6) is 0.337. The Bertz CT molecular complexity index is 414. The number of anilines is 1. The minimum absolute atomic E-state index is 0.150. The van der Waals surface area contributed by atoms with E-state index in [2.05, 4.69) is 26.2 Å². The molecule has 1 saturated carbocycles. The summed E-state index contributed by atoms with van der Waals surface area (Å²) in [6, 6.07) is 1.91. The molecule has 2 rings (SSSR count). The maximum absolute atomic E-state index is 12.1. The van der Waals surface area contributed by atoms with E-state index >= 15 is 0 Å². The monoisotopic (exact) mass is 296 g/mol. The van der Waals surface area contributed by atoms with Crippen molar-refractivity contribution in [3.8, 4) is 0 Å². The number of hydrogen-bond acceptors (Lipinski definition) is 2. The second-order valence-electron chi connectivity index (χ2n) is 4.65. The van der Waals surface area contributed by atoms with Crippen molar-refractivity contribution < 1.29 is 4.79 Å². The molecule has 1 amide bonds. The molecule has 0 saturated heterocycles. The normalized spacial score (nSPS) is 16.8. The summed E-state index contributed by atoms with van der Waals surface area (Å²) in [6.07, 6.45) is 7.37. The first kappa shape index (κ1) is 12.6. The first-order valence-electron chi connectivity index (χ1n) is 6.10. The molecule has 1 aromatic rings. The largest absolute Gasteiger partial charge is 0.324 e. The van der Waals surface area contributed by atoms with Gasteiger partial charge in [0.25, 0.3) is 0 Å². The van der Waals surface area contributed by atoms with Crippen LogP contribution in [0.3, 0.4) is 0 Å². The van der Waals surface area contributed by atoms with Crippen molar-refractivity contribution in [2.24, 2.45) is 5.92 Å². The molecule has 0 unspecified atom stereocenters. The fourth-order valence-corrected chi connectivity index (χ4v) is 2.70. The lowest BCUT2D eigenvalue weighted by Crippen LogP contribution is -2.25. The summed E-state index contributed by atoms with van der Waals surface area (Å²) < 4.78 is 0.797. The Balaban J connectivity index is 2.02. The van der Waals surface area contributed by atoms with Gasteiger partial charge in [-0.1, -0.05) is 19.3 Å². The van der Waals surface area contributed by atoms with Crippen molar-refractivity contribution in [3.05, 3.63) is 22.4 Å². The maximum Gasteiger partial charge on any atom is 0.227 e. The van der Waals surface area contributed by atoms with Gasteiger partial charge >= 0.3 is 0 Å². The van der Waals surface area contributed by atoms with Crippen LogP contribution in [0.2, 0.25) is 0 Å². The van der Waals surface area contributed by atoms with Crippen molar-refractivity contribution in [2.75, 3.05) is 5.32 Å². The van der Waals surface area contributed by atoms with Gasteiger partial charge in [0.15, 0.2) is 0 Å². The minimum atomic E-state index is 0.150. The highest BCUT2D eigenvalue weighted by Gasteiger charge is 2.21. The van der Waals surface area contributed by atoms with E-state index in [1.54, 1.807) is 6.20 Å². The third kappa shape index (κ3) is 3.28. The average Bonchev–Trinajstić information content (AvgIpc) is 2.34. The topological polar surface area (TPSA) is 42.0 Å². The van der Waals surface area contributed by atoms with E-state index in [9.17, 15) is 4.79 Å². The van der Waals surface area contributed by atoms with Gasteiger partial charge in [-0.3, -0.25) is 4.79 Å². The smallest absolute Gasteiger partial charge is 0.227 e. The highest BCUT2D eigenvalue weighted by molar-refractivity contribution is 9.10. The fraction of sp³-hybridized carbons (Fsp3) is 0.538. The SMILES string of the molecule is Cc1cc(Br)ncc1NC(=O)C1CCCCC1. The van der Waals surface area contributed by atoms with Crippen LogP contribution in [-0.2, 0) is 4.79 Å². The van der Waals surface area contributed by atoms with E-state index < -0.39 is 0 Å². The highest BCUT2D eigenvalue weighted by atomic mass is 79.9. The maximum atomic E-state index is 12.1. The molecule has 1 aliphatic rings. The standard InChI is InChI=1S/C13H17BrN2O/c1-9-7-12(14)15-8-11(9)16-13(17)10-5-3-2-4-6-10/h7-8,10H,2-6H2,1H3,(H,16,17). The molecular weight excluding hydrogens is 280 g/mol. The molecule has 1 heterocycles. The molecule has 92 valence electrons. The summed E-state index contributed by atoms with van der Waals surface area (Å²) in [7, 11) is 0. The van der Waals surface area contributed by atoms with Crippen LogP contribution in [0.1, 0.15) is 37.7 Å². The van der Waals surface area contributed by atoms with Crippen LogP contribution in [0.25, 0.3) is 0 Å². The molecule has 1 fully saturated rings. The van der Waals surface area contributed by atoms with E-state index in [-0.39, 0.29) is 11.8 Å². The number of pyridine rings is 1. The van der Waals surface area contributed by atoms with Gasteiger partial charge in [-0.2, -0.15) is 0 Å². The zero-order valence-corrected chi connectivity index (χ0v) is 11.6. The average molecular weight is 297 g/mol. The molecular formula is C13H17BrN2O. The van der Waals surface area contributed by atoms with Crippen molar-refractivity contribution in [1.29, 1.82) is 0 Å². The Morgan fingerprint density at radius 1 is 1.41 bits per heavy atom. The van der Waals surface area contributed by atoms with Crippen molar-refractivity contribution in [2.45, 2.75) is 39.0 Å². The molecule has 1 aromatic heterocycles. The van der Waals surface area contributed by atoms with Crippen LogP contribution in [0.15, 0.2) is 16.9 Å². The summed E-state index contributed by atoms with van der Waals surface area (Å²) >= 11 is 3.32. The summed E-state index contributed by atoms with van der Waals surface area (Å²) in [6.45, 7) is 1.98. The summed E-state index contributed by atoms with van der Waals surface area (Å²) in [4.78, 5) is 16.2. The van der Waals surface area contributed by atoms with Crippen LogP contribution >= 0.6 is 15.9 Å². The Labute approximate surface area is 110 Å². The molecule has 0 radical (unpaired) electrons. The second kappa shape index (κ2) is 5.63. The predicted octanol–water partition coefficient (Wildman–Crippen LogP) is 3.67. The van der Waals surface area contributed by atoms with Crippen LogP contribution in [0, 0.1) is 12.8 Å². The number of hydrogen-bond donors (Lipinski definition) is 1. The number of carbonyl (C=O) groups is 1. The van der Waals surface area contributed by atoms with Crippen molar-refractivity contribution >= 4 is 27.5 Å². The molecule has 3 nitrogen and oxygen atoms in total. The first-order chi connectivity index (χ1) is 8.16. The quantitative estimate of drug-likeness (QED) is 0.846. The Morgan fingerprint density at radius 3 is 2.76 bits per heavy atom. The molecule has 4 heteroatoms. The highest BCUT2D eigenvalue weighted by Crippen LogP contribution is 2.25. The number of aromatic nitrogens is 1. The Morgan fingerprint density at radius 2 is 2.12 bits per heavy atom. The van der Waals surface area contributed by atoms with E-state index in [1.807, 2.05) is 13.0 Å². The predicted molar refractivity (Wildman–Crippen MR) is 71.9 cm³/mol. The zero-order chi connectivity index (χ0) is 12.3. The van der Waals surface area contributed by atoms with Crippen molar-refractivity contribution in [3.63, 3.8) is 0 Å². The first-order valence-corrected chi connectivity index (χ1v) is 6.89. The van der Waals surface area contributed by atoms with Crippen LogP contribution in [-0.4, -0.2) is 10.9 Å². The number of carbonyl (C=O) groups excluding carboxylic acids is 1. The zero-order valence-electron chi connectivity index (χ0n) is 10.0. The molecule has 0 aliphatic heterocycles. The summed E-state index contributed by atoms with van der Waals surface area (Å²) in [5, 5.41) is 2.98. The van der Waals surface area contributed by atoms with Gasteiger partial charge in [0, 0.05) is 5.92 Å².